The van der Waals surface area contributed by atoms with Crippen LogP contribution in [0.15, 0.2) is 85.3 Å². The summed E-state index contributed by atoms with van der Waals surface area (Å²) in [5.74, 6) is 2.12. The highest BCUT2D eigenvalue weighted by Crippen LogP contribution is 2.32. The van der Waals surface area contributed by atoms with E-state index in [1.54, 1.807) is 6.20 Å². The van der Waals surface area contributed by atoms with Crippen molar-refractivity contribution in [3.63, 3.8) is 0 Å². The number of imidazole rings is 1. The molecule has 6 rings (SSSR count). The van der Waals surface area contributed by atoms with E-state index in [0.29, 0.717) is 11.7 Å². The van der Waals surface area contributed by atoms with Crippen LogP contribution in [0.25, 0.3) is 38.9 Å². The molecule has 6 nitrogen and oxygen atoms in total. The van der Waals surface area contributed by atoms with Crippen molar-refractivity contribution in [1.82, 2.24) is 24.3 Å². The summed E-state index contributed by atoms with van der Waals surface area (Å²) in [6.07, 6.45) is 6.94. The van der Waals surface area contributed by atoms with Gasteiger partial charge in [0.25, 0.3) is 0 Å². The molecule has 37 heavy (non-hydrogen) atoms. The van der Waals surface area contributed by atoms with Crippen molar-refractivity contribution < 1.29 is 0 Å². The molecular weight excluding hydrogens is 571 g/mol. The molecule has 0 unspecified atom stereocenters. The van der Waals surface area contributed by atoms with Gasteiger partial charge in [0.2, 0.25) is 0 Å². The summed E-state index contributed by atoms with van der Waals surface area (Å²) in [5, 5.41) is 1.10. The number of hydrogen-bond acceptors (Lipinski definition) is 5. The number of nitrogen functional groups attached to an aromatic ring is 1. The van der Waals surface area contributed by atoms with Crippen molar-refractivity contribution >= 4 is 44.8 Å². The van der Waals surface area contributed by atoms with Gasteiger partial charge in [-0.1, -0.05) is 77.7 Å². The SMILES string of the molecule is C=C(CI)N1CCC(Cc2nc(-c3ccc4ccc(-c5ccccc5)nc4c3)c3c(N)nccn23)CC1. The largest absolute Gasteiger partial charge is 0.382 e. The lowest BCUT2D eigenvalue weighted by molar-refractivity contribution is 0.226. The highest BCUT2D eigenvalue weighted by atomic mass is 127. The van der Waals surface area contributed by atoms with E-state index in [1.165, 1.54) is 5.70 Å². The number of benzene rings is 2. The number of anilines is 1. The molecular formula is C30H29IN6. The molecule has 2 N–H and O–H groups in total. The fraction of sp³-hybridized carbons (Fsp3) is 0.233. The second-order valence-corrected chi connectivity index (χ2v) is 10.5. The third kappa shape index (κ3) is 4.68. The Morgan fingerprint density at radius 3 is 2.57 bits per heavy atom. The number of likely N-dealkylation sites (tertiary alicyclic amines) is 1. The van der Waals surface area contributed by atoms with Crippen LogP contribution in [0.3, 0.4) is 0 Å². The van der Waals surface area contributed by atoms with E-state index in [4.69, 9.17) is 15.7 Å². The van der Waals surface area contributed by atoms with Gasteiger partial charge in [-0.05, 0) is 30.9 Å². The van der Waals surface area contributed by atoms with Gasteiger partial charge >= 0.3 is 0 Å². The molecule has 2 aromatic carbocycles. The molecule has 1 aliphatic rings. The number of nitrogens with zero attached hydrogens (tertiary/aromatic N) is 5. The van der Waals surface area contributed by atoms with Gasteiger partial charge in [0.1, 0.15) is 22.9 Å². The summed E-state index contributed by atoms with van der Waals surface area (Å²) >= 11 is 2.39. The molecule has 0 bridgehead atoms. The summed E-state index contributed by atoms with van der Waals surface area (Å²) in [7, 11) is 0. The standard InChI is InChI=1S/C30H29IN6/c1-20(19-31)36-14-11-21(12-15-36)17-27-35-28(29-30(32)33-13-16-37(27)29)24-8-7-23-9-10-25(34-26(23)18-24)22-5-3-2-4-6-22/h2-10,13,16,18,21H,1,11-12,14-15,17,19H2,(H2,32,33). The van der Waals surface area contributed by atoms with E-state index in [9.17, 15) is 0 Å². The number of alkyl halides is 1. The van der Waals surface area contributed by atoms with Gasteiger partial charge in [-0.15, -0.1) is 0 Å². The molecule has 0 saturated carbocycles. The quantitative estimate of drug-likeness (QED) is 0.181. The predicted octanol–water partition coefficient (Wildman–Crippen LogP) is 6.40. The minimum atomic E-state index is 0.496. The second-order valence-electron chi connectivity index (χ2n) is 9.71. The summed E-state index contributed by atoms with van der Waals surface area (Å²) < 4.78 is 3.11. The molecule has 7 heteroatoms. The Morgan fingerprint density at radius 1 is 1.00 bits per heavy atom. The maximum absolute atomic E-state index is 6.42. The minimum Gasteiger partial charge on any atom is -0.382 e. The minimum absolute atomic E-state index is 0.496. The maximum Gasteiger partial charge on any atom is 0.150 e. The highest BCUT2D eigenvalue weighted by Gasteiger charge is 2.23. The maximum atomic E-state index is 6.42. The van der Waals surface area contributed by atoms with Gasteiger partial charge in [0.15, 0.2) is 0 Å². The lowest BCUT2D eigenvalue weighted by Crippen LogP contribution is -2.34. The number of aromatic nitrogens is 4. The molecule has 4 heterocycles. The fourth-order valence-electron chi connectivity index (χ4n) is 5.30. The molecule has 1 aliphatic heterocycles. The first-order valence-corrected chi connectivity index (χ1v) is 14.2. The zero-order valence-corrected chi connectivity index (χ0v) is 22.8. The van der Waals surface area contributed by atoms with E-state index >= 15 is 0 Å². The van der Waals surface area contributed by atoms with Crippen molar-refractivity contribution in [2.24, 2.45) is 5.92 Å². The van der Waals surface area contributed by atoms with Crippen molar-refractivity contribution in [3.8, 4) is 22.5 Å². The Kier molecular flexibility index (Phi) is 6.54. The Hall–Kier alpha value is -3.46. The van der Waals surface area contributed by atoms with Crippen molar-refractivity contribution in [2.45, 2.75) is 19.3 Å². The number of rotatable bonds is 6. The van der Waals surface area contributed by atoms with Gasteiger partial charge in [0, 0.05) is 58.5 Å². The van der Waals surface area contributed by atoms with Crippen LogP contribution in [0.4, 0.5) is 5.82 Å². The van der Waals surface area contributed by atoms with E-state index in [1.807, 2.05) is 24.4 Å². The van der Waals surface area contributed by atoms with Crippen LogP contribution in [-0.2, 0) is 6.42 Å². The Labute approximate surface area is 230 Å². The van der Waals surface area contributed by atoms with Crippen molar-refractivity contribution in [1.29, 1.82) is 0 Å². The first kappa shape index (κ1) is 23.9. The fourth-order valence-corrected chi connectivity index (χ4v) is 5.78. The number of fused-ring (bicyclic) bond motifs is 2. The van der Waals surface area contributed by atoms with Gasteiger partial charge in [-0.2, -0.15) is 0 Å². The molecule has 5 aromatic rings. The molecule has 0 spiro atoms. The molecule has 0 atom stereocenters. The second kappa shape index (κ2) is 10.1. The molecule has 0 amide bonds. The first-order valence-electron chi connectivity index (χ1n) is 12.7. The Balaban J connectivity index is 1.36. The average molecular weight is 601 g/mol. The van der Waals surface area contributed by atoms with Gasteiger partial charge in [0.05, 0.1) is 11.2 Å². The van der Waals surface area contributed by atoms with Gasteiger partial charge in [-0.3, -0.25) is 4.40 Å². The van der Waals surface area contributed by atoms with Gasteiger partial charge < -0.3 is 10.6 Å². The number of piperidine rings is 1. The van der Waals surface area contributed by atoms with E-state index in [0.717, 1.165) is 81.5 Å². The van der Waals surface area contributed by atoms with Crippen LogP contribution >= 0.6 is 22.6 Å². The van der Waals surface area contributed by atoms with Crippen LogP contribution in [-0.4, -0.2) is 41.8 Å². The monoisotopic (exact) mass is 600 g/mol. The molecule has 0 radical (unpaired) electrons. The number of halogens is 1. The number of nitrogens with two attached hydrogens (primary N) is 1. The van der Waals surface area contributed by atoms with Gasteiger partial charge in [-0.25, -0.2) is 15.0 Å². The smallest absolute Gasteiger partial charge is 0.150 e. The highest BCUT2D eigenvalue weighted by molar-refractivity contribution is 14.1. The average Bonchev–Trinajstić information content (AvgIpc) is 3.32. The van der Waals surface area contributed by atoms with Crippen LogP contribution in [0.1, 0.15) is 18.7 Å². The molecule has 0 aliphatic carbocycles. The van der Waals surface area contributed by atoms with Crippen LogP contribution in [0, 0.1) is 5.92 Å². The third-order valence-electron chi connectivity index (χ3n) is 7.38. The number of hydrogen-bond donors (Lipinski definition) is 1. The zero-order valence-electron chi connectivity index (χ0n) is 20.6. The van der Waals surface area contributed by atoms with Crippen LogP contribution < -0.4 is 5.73 Å². The Bertz CT molecular complexity index is 1580. The Morgan fingerprint density at radius 2 is 1.78 bits per heavy atom. The number of allylic oxidation sites excluding steroid dienone is 1. The lowest BCUT2D eigenvalue weighted by Gasteiger charge is -2.34. The summed E-state index contributed by atoms with van der Waals surface area (Å²) in [6, 6.07) is 20.8. The topological polar surface area (TPSA) is 72.3 Å². The van der Waals surface area contributed by atoms with Crippen molar-refractivity contribution in [2.75, 3.05) is 23.3 Å². The molecule has 186 valence electrons. The summed E-state index contributed by atoms with van der Waals surface area (Å²) in [4.78, 5) is 16.9. The zero-order chi connectivity index (χ0) is 25.4. The molecule has 1 saturated heterocycles. The summed E-state index contributed by atoms with van der Waals surface area (Å²) in [5.41, 5.74) is 13.4. The number of pyridine rings is 1. The molecule has 3 aromatic heterocycles. The lowest BCUT2D eigenvalue weighted by atomic mass is 9.93. The van der Waals surface area contributed by atoms with Crippen molar-refractivity contribution in [3.05, 3.63) is 91.2 Å². The van der Waals surface area contributed by atoms with E-state index < -0.39 is 0 Å². The van der Waals surface area contributed by atoms with Crippen LogP contribution in [0.2, 0.25) is 0 Å². The van der Waals surface area contributed by atoms with Crippen LogP contribution in [0.5, 0.6) is 0 Å². The summed E-state index contributed by atoms with van der Waals surface area (Å²) in [6.45, 7) is 6.34. The third-order valence-corrected chi connectivity index (χ3v) is 8.26. The van der Waals surface area contributed by atoms with E-state index in [-0.39, 0.29) is 0 Å². The van der Waals surface area contributed by atoms with E-state index in [2.05, 4.69) is 85.9 Å². The predicted molar refractivity (Wildman–Crippen MR) is 160 cm³/mol. The normalized spacial score (nSPS) is 14.5. The first-order chi connectivity index (χ1) is 18.1. The molecule has 1 fully saturated rings.